The number of carbonyl (C=O) groups is 1. The third kappa shape index (κ3) is 5.19. The van der Waals surface area contributed by atoms with E-state index in [0.717, 1.165) is 56.2 Å². The van der Waals surface area contributed by atoms with E-state index in [2.05, 4.69) is 52.4 Å². The molecule has 3 aromatic rings. The van der Waals surface area contributed by atoms with Crippen molar-refractivity contribution >= 4 is 11.6 Å². The van der Waals surface area contributed by atoms with Crippen molar-refractivity contribution < 1.29 is 9.21 Å². The number of para-hydroxylation sites is 1. The van der Waals surface area contributed by atoms with Crippen molar-refractivity contribution in [2.45, 2.75) is 39.8 Å². The van der Waals surface area contributed by atoms with E-state index in [1.807, 2.05) is 38.1 Å². The fraction of sp³-hybridized carbons (Fsp3) is 0.385. The molecule has 32 heavy (non-hydrogen) atoms. The lowest BCUT2D eigenvalue weighted by Crippen LogP contribution is -2.46. The fourth-order valence-electron chi connectivity index (χ4n) is 3.89. The van der Waals surface area contributed by atoms with Gasteiger partial charge in [-0.3, -0.25) is 9.69 Å². The average molecular weight is 433 g/mol. The molecule has 1 aromatic heterocycles. The van der Waals surface area contributed by atoms with Crippen LogP contribution in [0.4, 0.5) is 5.69 Å². The minimum Gasteiger partial charge on any atom is -0.441 e. The fourth-order valence-corrected chi connectivity index (χ4v) is 3.89. The Labute approximate surface area is 190 Å². The van der Waals surface area contributed by atoms with Gasteiger partial charge in [-0.1, -0.05) is 25.1 Å². The number of nitrogens with zero attached hydrogens (tertiary/aromatic N) is 3. The Balaban J connectivity index is 1.37. The molecular weight excluding hydrogens is 400 g/mol. The molecule has 1 saturated heterocycles. The van der Waals surface area contributed by atoms with Gasteiger partial charge in [0.15, 0.2) is 0 Å². The number of carbonyl (C=O) groups excluding carboxylic acids is 1. The molecule has 0 spiro atoms. The Bertz CT molecular complexity index is 1020. The number of aryl methyl sites for hydroxylation is 1. The third-order valence-electron chi connectivity index (χ3n) is 6.14. The number of benzene rings is 2. The molecule has 1 amide bonds. The number of piperazine rings is 1. The summed E-state index contributed by atoms with van der Waals surface area (Å²) in [7, 11) is 0. The Morgan fingerprint density at radius 1 is 1.06 bits per heavy atom. The number of anilines is 1. The summed E-state index contributed by atoms with van der Waals surface area (Å²) < 4.78 is 5.97. The van der Waals surface area contributed by atoms with Crippen LogP contribution in [0.15, 0.2) is 59.0 Å². The molecule has 168 valence electrons. The molecular formula is C26H32N4O2. The number of rotatable bonds is 7. The van der Waals surface area contributed by atoms with Crippen LogP contribution in [0, 0.1) is 6.92 Å². The highest BCUT2D eigenvalue weighted by Gasteiger charge is 2.20. The van der Waals surface area contributed by atoms with Crippen molar-refractivity contribution in [1.82, 2.24) is 15.2 Å². The van der Waals surface area contributed by atoms with Gasteiger partial charge < -0.3 is 14.6 Å². The summed E-state index contributed by atoms with van der Waals surface area (Å²) in [4.78, 5) is 21.9. The van der Waals surface area contributed by atoms with Crippen LogP contribution in [0.5, 0.6) is 0 Å². The summed E-state index contributed by atoms with van der Waals surface area (Å²) in [6.07, 6.45) is 0.906. The van der Waals surface area contributed by atoms with E-state index in [4.69, 9.17) is 9.40 Å². The molecule has 1 N–H and O–H groups in total. The van der Waals surface area contributed by atoms with Gasteiger partial charge in [-0.05, 0) is 56.7 Å². The second kappa shape index (κ2) is 10.0. The van der Waals surface area contributed by atoms with E-state index in [-0.39, 0.29) is 11.9 Å². The maximum absolute atomic E-state index is 12.3. The number of oxazole rings is 1. The lowest BCUT2D eigenvalue weighted by Gasteiger charge is -2.35. The van der Waals surface area contributed by atoms with Crippen molar-refractivity contribution in [3.05, 3.63) is 71.6 Å². The van der Waals surface area contributed by atoms with E-state index in [1.54, 1.807) is 0 Å². The second-order valence-electron chi connectivity index (χ2n) is 8.48. The summed E-state index contributed by atoms with van der Waals surface area (Å²) in [5, 5.41) is 2.99. The van der Waals surface area contributed by atoms with Crippen LogP contribution in [-0.2, 0) is 6.54 Å². The molecule has 1 aliphatic heterocycles. The average Bonchev–Trinajstić information content (AvgIpc) is 3.20. The van der Waals surface area contributed by atoms with Gasteiger partial charge in [-0.2, -0.15) is 0 Å². The summed E-state index contributed by atoms with van der Waals surface area (Å²) in [6, 6.07) is 18.2. The predicted molar refractivity (Wildman–Crippen MR) is 128 cm³/mol. The first-order chi connectivity index (χ1) is 15.5. The lowest BCUT2D eigenvalue weighted by atomic mass is 10.1. The van der Waals surface area contributed by atoms with Crippen molar-refractivity contribution in [2.24, 2.45) is 0 Å². The zero-order valence-corrected chi connectivity index (χ0v) is 19.2. The van der Waals surface area contributed by atoms with Gasteiger partial charge >= 0.3 is 0 Å². The van der Waals surface area contributed by atoms with Crippen LogP contribution >= 0.6 is 0 Å². The summed E-state index contributed by atoms with van der Waals surface area (Å²) >= 11 is 0. The Morgan fingerprint density at radius 2 is 1.75 bits per heavy atom. The Hall–Kier alpha value is -3.12. The Kier molecular flexibility index (Phi) is 6.90. The van der Waals surface area contributed by atoms with Gasteiger partial charge in [0.25, 0.3) is 5.91 Å². The monoisotopic (exact) mass is 432 g/mol. The molecule has 6 heteroatoms. The van der Waals surface area contributed by atoms with E-state index >= 15 is 0 Å². The SMILES string of the molecule is CC[C@@H](C)NC(=O)c1ccc(-c2nc(CN3CCN(c4ccccc4)CC3)c(C)o2)cc1. The number of aromatic nitrogens is 1. The number of nitrogens with one attached hydrogen (secondary N) is 1. The number of hydrogen-bond acceptors (Lipinski definition) is 5. The van der Waals surface area contributed by atoms with E-state index in [9.17, 15) is 4.79 Å². The smallest absolute Gasteiger partial charge is 0.251 e. The molecule has 1 atom stereocenters. The van der Waals surface area contributed by atoms with Crippen molar-refractivity contribution in [3.63, 3.8) is 0 Å². The predicted octanol–water partition coefficient (Wildman–Crippen LogP) is 4.50. The minimum absolute atomic E-state index is 0.0511. The molecule has 1 fully saturated rings. The van der Waals surface area contributed by atoms with Crippen LogP contribution in [0.1, 0.15) is 42.1 Å². The normalized spacial score (nSPS) is 15.5. The van der Waals surface area contributed by atoms with Gasteiger partial charge in [0, 0.05) is 55.6 Å². The van der Waals surface area contributed by atoms with Crippen molar-refractivity contribution in [2.75, 3.05) is 31.1 Å². The molecule has 0 radical (unpaired) electrons. The molecule has 0 aliphatic carbocycles. The van der Waals surface area contributed by atoms with Gasteiger partial charge in [0.2, 0.25) is 5.89 Å². The molecule has 4 rings (SSSR count). The summed E-state index contributed by atoms with van der Waals surface area (Å²) in [5.41, 5.74) is 3.79. The second-order valence-corrected chi connectivity index (χ2v) is 8.48. The highest BCUT2D eigenvalue weighted by atomic mass is 16.4. The first-order valence-electron chi connectivity index (χ1n) is 11.4. The summed E-state index contributed by atoms with van der Waals surface area (Å²) in [5.74, 6) is 1.41. The maximum atomic E-state index is 12.3. The van der Waals surface area contributed by atoms with E-state index in [0.29, 0.717) is 11.5 Å². The van der Waals surface area contributed by atoms with Gasteiger partial charge in [0.1, 0.15) is 5.76 Å². The van der Waals surface area contributed by atoms with E-state index in [1.165, 1.54) is 5.69 Å². The summed E-state index contributed by atoms with van der Waals surface area (Å²) in [6.45, 7) is 10.8. The zero-order chi connectivity index (χ0) is 22.5. The Morgan fingerprint density at radius 3 is 2.41 bits per heavy atom. The third-order valence-corrected chi connectivity index (χ3v) is 6.14. The minimum atomic E-state index is -0.0511. The first-order valence-corrected chi connectivity index (χ1v) is 11.4. The lowest BCUT2D eigenvalue weighted by molar-refractivity contribution is 0.0939. The van der Waals surface area contributed by atoms with Gasteiger partial charge in [0.05, 0.1) is 5.69 Å². The van der Waals surface area contributed by atoms with Gasteiger partial charge in [-0.15, -0.1) is 0 Å². The number of amides is 1. The largest absolute Gasteiger partial charge is 0.441 e. The van der Waals surface area contributed by atoms with Gasteiger partial charge in [-0.25, -0.2) is 4.98 Å². The quantitative estimate of drug-likeness (QED) is 0.596. The molecule has 6 nitrogen and oxygen atoms in total. The molecule has 2 aromatic carbocycles. The van der Waals surface area contributed by atoms with Crippen LogP contribution in [0.3, 0.4) is 0 Å². The van der Waals surface area contributed by atoms with Crippen LogP contribution < -0.4 is 10.2 Å². The zero-order valence-electron chi connectivity index (χ0n) is 19.2. The molecule has 1 aliphatic rings. The van der Waals surface area contributed by atoms with E-state index < -0.39 is 0 Å². The van der Waals surface area contributed by atoms with Crippen LogP contribution in [0.2, 0.25) is 0 Å². The standard InChI is InChI=1S/C26H32N4O2/c1-4-19(2)27-25(31)21-10-12-22(13-11-21)26-28-24(20(3)32-26)18-29-14-16-30(17-15-29)23-8-6-5-7-9-23/h5-13,19H,4,14-18H2,1-3H3,(H,27,31)/t19-/m1/s1. The molecule has 2 heterocycles. The molecule has 0 unspecified atom stereocenters. The van der Waals surface area contributed by atoms with Crippen molar-refractivity contribution in [1.29, 1.82) is 0 Å². The molecule has 0 bridgehead atoms. The molecule has 0 saturated carbocycles. The highest BCUT2D eigenvalue weighted by molar-refractivity contribution is 5.94. The topological polar surface area (TPSA) is 61.6 Å². The first kappa shape index (κ1) is 22.1. The van der Waals surface area contributed by atoms with Crippen LogP contribution in [0.25, 0.3) is 11.5 Å². The highest BCUT2D eigenvalue weighted by Crippen LogP contribution is 2.24. The maximum Gasteiger partial charge on any atom is 0.251 e. The van der Waals surface area contributed by atoms with Crippen molar-refractivity contribution in [3.8, 4) is 11.5 Å². The van der Waals surface area contributed by atoms with Crippen LogP contribution in [-0.4, -0.2) is 48.0 Å². The number of hydrogen-bond donors (Lipinski definition) is 1.